The molecule has 0 fully saturated rings. The molecule has 1 unspecified atom stereocenters. The van der Waals surface area contributed by atoms with Crippen LogP contribution >= 0.6 is 0 Å². The number of carbonyl (C=O) groups is 2. The molecule has 0 amide bonds. The van der Waals surface area contributed by atoms with Crippen molar-refractivity contribution in [3.05, 3.63) is 66.4 Å². The van der Waals surface area contributed by atoms with Gasteiger partial charge < -0.3 is 20.1 Å². The summed E-state index contributed by atoms with van der Waals surface area (Å²) in [7, 11) is 0. The second-order valence-corrected chi connectivity index (χ2v) is 6.20. The standard InChI is InChI=1S/C21H18N2O4/c1-2-21(22,20(25)26)14-23-13-18(16-10-6-7-11-17(16)23)27-19(24)12-15-8-4-3-5-9-15/h1,3-11,13H,12,14,22H2,(H,25,26). The van der Waals surface area contributed by atoms with Gasteiger partial charge in [0.15, 0.2) is 11.3 Å². The number of aliphatic carboxylic acids is 1. The number of esters is 1. The van der Waals surface area contributed by atoms with Crippen LogP contribution in [0.4, 0.5) is 0 Å². The first-order valence-electron chi connectivity index (χ1n) is 8.25. The lowest BCUT2D eigenvalue weighted by Gasteiger charge is -2.19. The molecule has 1 heterocycles. The van der Waals surface area contributed by atoms with Gasteiger partial charge >= 0.3 is 11.9 Å². The molecule has 0 aliphatic rings. The van der Waals surface area contributed by atoms with Gasteiger partial charge in [0.1, 0.15) is 0 Å². The Bertz CT molecular complexity index is 1030. The van der Waals surface area contributed by atoms with Gasteiger partial charge in [0.2, 0.25) is 0 Å². The largest absolute Gasteiger partial charge is 0.479 e. The summed E-state index contributed by atoms with van der Waals surface area (Å²) in [6.07, 6.45) is 7.00. The number of carbonyl (C=O) groups excluding carboxylic acids is 1. The lowest BCUT2D eigenvalue weighted by Crippen LogP contribution is -2.50. The third-order valence-corrected chi connectivity index (χ3v) is 4.23. The molecule has 2 aromatic carbocycles. The Hall–Kier alpha value is -3.56. The number of nitrogens with zero attached hydrogens (tertiary/aromatic N) is 1. The number of hydrogen-bond donors (Lipinski definition) is 2. The van der Waals surface area contributed by atoms with Crippen LogP contribution in [-0.2, 0) is 22.6 Å². The monoisotopic (exact) mass is 362 g/mol. The number of carboxylic acid groups (broad SMARTS) is 1. The van der Waals surface area contributed by atoms with Gasteiger partial charge in [-0.25, -0.2) is 4.79 Å². The maximum atomic E-state index is 12.3. The number of para-hydroxylation sites is 1. The molecule has 6 heteroatoms. The summed E-state index contributed by atoms with van der Waals surface area (Å²) in [6, 6.07) is 16.4. The molecule has 3 N–H and O–H groups in total. The third kappa shape index (κ3) is 3.84. The van der Waals surface area contributed by atoms with Gasteiger partial charge in [-0.2, -0.15) is 0 Å². The molecular formula is C21H18N2O4. The summed E-state index contributed by atoms with van der Waals surface area (Å²) in [5.74, 6) is 0.735. The third-order valence-electron chi connectivity index (χ3n) is 4.23. The smallest absolute Gasteiger partial charge is 0.338 e. The van der Waals surface area contributed by atoms with Gasteiger partial charge in [-0.3, -0.25) is 4.79 Å². The molecule has 3 rings (SSSR count). The molecule has 0 bridgehead atoms. The van der Waals surface area contributed by atoms with Gasteiger partial charge in [0, 0.05) is 11.6 Å². The molecule has 1 aromatic heterocycles. The van der Waals surface area contributed by atoms with E-state index in [4.69, 9.17) is 16.9 Å². The minimum atomic E-state index is -1.87. The molecule has 0 spiro atoms. The van der Waals surface area contributed by atoms with E-state index in [0.717, 1.165) is 5.56 Å². The van der Waals surface area contributed by atoms with E-state index in [9.17, 15) is 14.7 Å². The van der Waals surface area contributed by atoms with Crippen LogP contribution in [0.1, 0.15) is 5.56 Å². The maximum absolute atomic E-state index is 12.3. The zero-order chi connectivity index (χ0) is 19.4. The highest BCUT2D eigenvalue weighted by molar-refractivity contribution is 5.90. The van der Waals surface area contributed by atoms with Crippen molar-refractivity contribution < 1.29 is 19.4 Å². The average molecular weight is 362 g/mol. The second kappa shape index (κ2) is 7.36. The summed E-state index contributed by atoms with van der Waals surface area (Å²) in [5.41, 5.74) is 5.45. The maximum Gasteiger partial charge on any atom is 0.338 e. The van der Waals surface area contributed by atoms with Crippen LogP contribution in [0.5, 0.6) is 5.75 Å². The number of carboxylic acids is 1. The Kier molecular flexibility index (Phi) is 4.97. The number of nitrogens with two attached hydrogens (primary N) is 1. The predicted molar refractivity (Wildman–Crippen MR) is 101 cm³/mol. The minimum Gasteiger partial charge on any atom is -0.479 e. The topological polar surface area (TPSA) is 94.5 Å². The van der Waals surface area contributed by atoms with Gasteiger partial charge in [0.05, 0.1) is 18.5 Å². The fraction of sp³-hybridized carbons (Fsp3) is 0.143. The number of aromatic nitrogens is 1. The molecule has 6 nitrogen and oxygen atoms in total. The van der Waals surface area contributed by atoms with E-state index in [2.05, 4.69) is 5.92 Å². The van der Waals surface area contributed by atoms with Crippen LogP contribution in [0, 0.1) is 12.3 Å². The summed E-state index contributed by atoms with van der Waals surface area (Å²) in [4.78, 5) is 23.7. The van der Waals surface area contributed by atoms with Gasteiger partial charge in [-0.05, 0) is 17.7 Å². The fourth-order valence-electron chi connectivity index (χ4n) is 2.79. The van der Waals surface area contributed by atoms with Crippen LogP contribution in [0.25, 0.3) is 10.9 Å². The Morgan fingerprint density at radius 3 is 2.48 bits per heavy atom. The highest BCUT2D eigenvalue weighted by Gasteiger charge is 2.33. The molecule has 0 aliphatic carbocycles. The van der Waals surface area contributed by atoms with Crippen molar-refractivity contribution >= 4 is 22.8 Å². The van der Waals surface area contributed by atoms with Crippen molar-refractivity contribution in [1.82, 2.24) is 4.57 Å². The van der Waals surface area contributed by atoms with Crippen LogP contribution in [0.15, 0.2) is 60.8 Å². The molecule has 0 saturated carbocycles. The van der Waals surface area contributed by atoms with Crippen molar-refractivity contribution in [3.8, 4) is 18.1 Å². The quantitative estimate of drug-likeness (QED) is 0.518. The van der Waals surface area contributed by atoms with Crippen LogP contribution in [-0.4, -0.2) is 27.2 Å². The number of benzene rings is 2. The van der Waals surface area contributed by atoms with Gasteiger partial charge in [-0.15, -0.1) is 6.42 Å². The molecule has 136 valence electrons. The van der Waals surface area contributed by atoms with Crippen molar-refractivity contribution in [3.63, 3.8) is 0 Å². The highest BCUT2D eigenvalue weighted by atomic mass is 16.5. The molecule has 0 radical (unpaired) electrons. The first-order valence-corrected chi connectivity index (χ1v) is 8.25. The zero-order valence-electron chi connectivity index (χ0n) is 14.5. The predicted octanol–water partition coefficient (Wildman–Crippen LogP) is 2.20. The second-order valence-electron chi connectivity index (χ2n) is 6.20. The van der Waals surface area contributed by atoms with E-state index in [1.165, 1.54) is 0 Å². The van der Waals surface area contributed by atoms with Gasteiger partial charge in [0.25, 0.3) is 0 Å². The van der Waals surface area contributed by atoms with E-state index in [1.807, 2.05) is 30.3 Å². The first-order chi connectivity index (χ1) is 12.9. The Balaban J connectivity index is 1.90. The zero-order valence-corrected chi connectivity index (χ0v) is 14.5. The molecule has 0 aliphatic heterocycles. The number of rotatable bonds is 6. The van der Waals surface area contributed by atoms with E-state index < -0.39 is 17.5 Å². The average Bonchev–Trinajstić information content (AvgIpc) is 2.99. The van der Waals surface area contributed by atoms with Crippen LogP contribution < -0.4 is 10.5 Å². The molecule has 27 heavy (non-hydrogen) atoms. The van der Waals surface area contributed by atoms with E-state index >= 15 is 0 Å². The molecular weight excluding hydrogens is 344 g/mol. The lowest BCUT2D eigenvalue weighted by atomic mass is 10.0. The van der Waals surface area contributed by atoms with Crippen molar-refractivity contribution in [2.45, 2.75) is 18.5 Å². The SMILES string of the molecule is C#CC(N)(Cn1cc(OC(=O)Cc2ccccc2)c2ccccc21)C(=O)O. The van der Waals surface area contributed by atoms with Crippen molar-refractivity contribution in [2.24, 2.45) is 5.73 Å². The number of terminal acetylenes is 1. The fourth-order valence-corrected chi connectivity index (χ4v) is 2.79. The summed E-state index contributed by atoms with van der Waals surface area (Å²) in [6.45, 7) is -0.157. The molecule has 3 aromatic rings. The summed E-state index contributed by atoms with van der Waals surface area (Å²) >= 11 is 0. The number of ether oxygens (including phenoxy) is 1. The number of hydrogen-bond acceptors (Lipinski definition) is 4. The van der Waals surface area contributed by atoms with E-state index in [-0.39, 0.29) is 13.0 Å². The van der Waals surface area contributed by atoms with Crippen LogP contribution in [0.2, 0.25) is 0 Å². The van der Waals surface area contributed by atoms with E-state index in [0.29, 0.717) is 16.7 Å². The van der Waals surface area contributed by atoms with Crippen molar-refractivity contribution in [1.29, 1.82) is 0 Å². The molecule has 1 atom stereocenters. The van der Waals surface area contributed by atoms with Crippen LogP contribution in [0.3, 0.4) is 0 Å². The Labute approximate surface area is 156 Å². The Morgan fingerprint density at radius 1 is 1.15 bits per heavy atom. The summed E-state index contributed by atoms with van der Waals surface area (Å²) < 4.78 is 7.11. The van der Waals surface area contributed by atoms with E-state index in [1.54, 1.807) is 35.0 Å². The Morgan fingerprint density at radius 2 is 1.81 bits per heavy atom. The first kappa shape index (κ1) is 18.2. The normalized spacial score (nSPS) is 12.9. The minimum absolute atomic E-state index is 0.126. The number of fused-ring (bicyclic) bond motifs is 1. The highest BCUT2D eigenvalue weighted by Crippen LogP contribution is 2.29. The van der Waals surface area contributed by atoms with Gasteiger partial charge in [-0.1, -0.05) is 48.4 Å². The summed E-state index contributed by atoms with van der Waals surface area (Å²) in [5, 5.41) is 9.99. The molecule has 0 saturated heterocycles. The lowest BCUT2D eigenvalue weighted by molar-refractivity contribution is -0.141. The van der Waals surface area contributed by atoms with Crippen molar-refractivity contribution in [2.75, 3.05) is 0 Å².